The van der Waals surface area contributed by atoms with E-state index in [1.54, 1.807) is 13.2 Å². The Morgan fingerprint density at radius 1 is 1.29 bits per heavy atom. The summed E-state index contributed by atoms with van der Waals surface area (Å²) in [6.07, 6.45) is -2.79. The van der Waals surface area contributed by atoms with Crippen molar-refractivity contribution in [2.45, 2.75) is 20.0 Å². The van der Waals surface area contributed by atoms with Gasteiger partial charge < -0.3 is 10.1 Å². The molecule has 28 heavy (non-hydrogen) atoms. The highest BCUT2D eigenvalue weighted by Crippen LogP contribution is 2.30. The number of carbonyl (C=O) groups is 2. The highest BCUT2D eigenvalue weighted by Gasteiger charge is 2.30. The number of thioether (sulfide) groups is 1. The molecule has 1 aromatic carbocycles. The lowest BCUT2D eigenvalue weighted by Crippen LogP contribution is -2.25. The number of alkyl halides is 3. The lowest BCUT2D eigenvalue weighted by molar-refractivity contribution is -0.137. The van der Waals surface area contributed by atoms with E-state index in [-0.39, 0.29) is 34.9 Å². The Labute approximate surface area is 163 Å². The molecule has 0 aliphatic heterocycles. The van der Waals surface area contributed by atoms with Gasteiger partial charge in [0, 0.05) is 13.0 Å². The van der Waals surface area contributed by atoms with Gasteiger partial charge in [-0.25, -0.2) is 14.5 Å². The second kappa shape index (κ2) is 8.91. The summed E-state index contributed by atoms with van der Waals surface area (Å²) in [5.41, 5.74) is -0.628. The molecule has 0 saturated heterocycles. The van der Waals surface area contributed by atoms with Gasteiger partial charge in [0.15, 0.2) is 16.7 Å². The van der Waals surface area contributed by atoms with Gasteiger partial charge in [0.1, 0.15) is 0 Å². The van der Waals surface area contributed by atoms with E-state index in [0.29, 0.717) is 0 Å². The van der Waals surface area contributed by atoms with E-state index in [4.69, 9.17) is 4.74 Å². The first-order valence-corrected chi connectivity index (χ1v) is 9.23. The van der Waals surface area contributed by atoms with Crippen molar-refractivity contribution in [2.75, 3.05) is 12.9 Å². The minimum atomic E-state index is -4.48. The molecule has 0 bridgehead atoms. The molecule has 0 fully saturated rings. The largest absolute Gasteiger partial charge is 0.461 e. The third-order valence-electron chi connectivity index (χ3n) is 3.31. The molecule has 7 nitrogen and oxygen atoms in total. The number of esters is 1. The van der Waals surface area contributed by atoms with Crippen LogP contribution in [0.15, 0.2) is 35.3 Å². The Hall–Kier alpha value is -2.82. The molecular weight excluding hydrogens is 397 g/mol. The van der Waals surface area contributed by atoms with Crippen LogP contribution in [0.4, 0.5) is 19.0 Å². The molecule has 2 rings (SSSR count). The van der Waals surface area contributed by atoms with Crippen molar-refractivity contribution in [3.8, 4) is 5.69 Å². The normalized spacial score (nSPS) is 12.0. The van der Waals surface area contributed by atoms with E-state index in [2.05, 4.69) is 15.4 Å². The van der Waals surface area contributed by atoms with Crippen molar-refractivity contribution in [3.63, 3.8) is 0 Å². The Balaban J connectivity index is 2.53. The first kappa shape index (κ1) is 21.5. The number of aliphatic imine (C=N–C) groups is 1. The molecule has 0 spiro atoms. The topological polar surface area (TPSA) is 85.6 Å². The van der Waals surface area contributed by atoms with Crippen molar-refractivity contribution in [1.29, 1.82) is 0 Å². The molecule has 0 saturated carbocycles. The van der Waals surface area contributed by atoms with Gasteiger partial charge in [-0.3, -0.25) is 4.79 Å². The van der Waals surface area contributed by atoms with Gasteiger partial charge in [0.05, 0.1) is 17.9 Å². The molecule has 11 heteroatoms. The van der Waals surface area contributed by atoms with Crippen molar-refractivity contribution in [2.24, 2.45) is 4.99 Å². The highest BCUT2D eigenvalue weighted by atomic mass is 32.2. The molecule has 0 aliphatic carbocycles. The van der Waals surface area contributed by atoms with Crippen molar-refractivity contribution >= 4 is 34.6 Å². The predicted octanol–water partition coefficient (Wildman–Crippen LogP) is 3.55. The molecule has 0 atom stereocenters. The van der Waals surface area contributed by atoms with Crippen LogP contribution < -0.4 is 5.32 Å². The molecular formula is C17H17F3N4O3S. The number of halogens is 3. The fourth-order valence-electron chi connectivity index (χ4n) is 2.12. The van der Waals surface area contributed by atoms with Gasteiger partial charge >= 0.3 is 12.1 Å². The first-order valence-electron chi connectivity index (χ1n) is 8.00. The number of benzene rings is 1. The van der Waals surface area contributed by atoms with Crippen LogP contribution >= 0.6 is 11.8 Å². The summed E-state index contributed by atoms with van der Waals surface area (Å²) in [6.45, 7) is 3.07. The Morgan fingerprint density at radius 2 is 1.93 bits per heavy atom. The molecule has 1 aromatic heterocycles. The number of amidine groups is 1. The molecule has 0 unspecified atom stereocenters. The van der Waals surface area contributed by atoms with E-state index < -0.39 is 17.7 Å². The quantitative estimate of drug-likeness (QED) is 0.470. The Morgan fingerprint density at radius 3 is 2.43 bits per heavy atom. The molecule has 1 N–H and O–H groups in total. The van der Waals surface area contributed by atoms with Crippen molar-refractivity contribution < 1.29 is 27.5 Å². The first-order chi connectivity index (χ1) is 13.2. The average Bonchev–Trinajstić information content (AvgIpc) is 3.04. The summed E-state index contributed by atoms with van der Waals surface area (Å²) in [5.74, 6) is -0.907. The summed E-state index contributed by atoms with van der Waals surface area (Å²) >= 11 is 1.14. The number of aromatic nitrogens is 2. The summed E-state index contributed by atoms with van der Waals surface area (Å²) in [6, 6.07) is 5.55. The van der Waals surface area contributed by atoms with Gasteiger partial charge in [-0.15, -0.1) is 0 Å². The minimum Gasteiger partial charge on any atom is -0.461 e. The zero-order valence-corrected chi connectivity index (χ0v) is 16.0. The number of carbonyl (C=O) groups excluding carboxylic acids is 2. The zero-order valence-electron chi connectivity index (χ0n) is 15.2. The van der Waals surface area contributed by atoms with Gasteiger partial charge in [0.25, 0.3) is 0 Å². The molecule has 150 valence electrons. The van der Waals surface area contributed by atoms with Gasteiger partial charge in [-0.05, 0) is 37.4 Å². The number of amides is 1. The molecule has 2 aromatic rings. The second-order valence-corrected chi connectivity index (χ2v) is 6.16. The lowest BCUT2D eigenvalue weighted by Gasteiger charge is -2.09. The smallest absolute Gasteiger partial charge is 0.416 e. The maximum absolute atomic E-state index is 12.8. The summed E-state index contributed by atoms with van der Waals surface area (Å²) in [5, 5.41) is 6.84. The number of nitrogens with zero attached hydrogens (tertiary/aromatic N) is 3. The van der Waals surface area contributed by atoms with Gasteiger partial charge in [-0.2, -0.15) is 18.3 Å². The molecule has 0 radical (unpaired) electrons. The monoisotopic (exact) mass is 414 g/mol. The van der Waals surface area contributed by atoms with Crippen LogP contribution in [-0.4, -0.2) is 39.7 Å². The minimum absolute atomic E-state index is 0.0659. The predicted molar refractivity (Wildman–Crippen MR) is 98.9 cm³/mol. The third-order valence-corrected chi connectivity index (χ3v) is 3.89. The van der Waals surface area contributed by atoms with Crippen molar-refractivity contribution in [3.05, 3.63) is 41.6 Å². The fourth-order valence-corrected chi connectivity index (χ4v) is 2.55. The Kier molecular flexibility index (Phi) is 6.84. The number of nitrogens with one attached hydrogen (secondary N) is 1. The lowest BCUT2D eigenvalue weighted by atomic mass is 10.2. The average molecular weight is 414 g/mol. The number of ether oxygens (including phenoxy) is 1. The number of hydrogen-bond donors (Lipinski definition) is 1. The standard InChI is InChI=1S/C17H17F3N4O3S/c1-4-27-15(26)13-9-14(22-16(28-3)21-10(2)25)24(23-13)12-7-5-11(6-8-12)17(18,19)20/h5-9H,4H2,1-3H3,(H,21,22,25). The van der Waals surface area contributed by atoms with Crippen LogP contribution in [0.2, 0.25) is 0 Å². The summed E-state index contributed by atoms with van der Waals surface area (Å²) in [4.78, 5) is 27.5. The van der Waals surface area contributed by atoms with Crippen LogP contribution in [-0.2, 0) is 15.7 Å². The van der Waals surface area contributed by atoms with E-state index in [9.17, 15) is 22.8 Å². The van der Waals surface area contributed by atoms with Gasteiger partial charge in [0.2, 0.25) is 5.91 Å². The molecule has 1 amide bonds. The van der Waals surface area contributed by atoms with Crippen LogP contribution in [0.3, 0.4) is 0 Å². The van der Waals surface area contributed by atoms with Crippen LogP contribution in [0.5, 0.6) is 0 Å². The SMILES string of the molecule is CCOC(=O)c1cc(/N=C(/NC(C)=O)SC)n(-c2ccc(C(F)(F)F)cc2)n1. The third kappa shape index (κ3) is 5.35. The van der Waals surface area contributed by atoms with E-state index in [1.807, 2.05) is 0 Å². The van der Waals surface area contributed by atoms with Gasteiger partial charge in [-0.1, -0.05) is 11.8 Å². The maximum Gasteiger partial charge on any atom is 0.416 e. The maximum atomic E-state index is 12.8. The number of hydrogen-bond acceptors (Lipinski definition) is 6. The highest BCUT2D eigenvalue weighted by molar-refractivity contribution is 8.13. The molecule has 1 heterocycles. The Bertz CT molecular complexity index is 892. The van der Waals surface area contributed by atoms with E-state index in [1.165, 1.54) is 29.8 Å². The molecule has 0 aliphatic rings. The summed E-state index contributed by atoms with van der Waals surface area (Å²) < 4.78 is 44.5. The fraction of sp³-hybridized carbons (Fsp3) is 0.294. The second-order valence-electron chi connectivity index (χ2n) is 5.37. The summed E-state index contributed by atoms with van der Waals surface area (Å²) in [7, 11) is 0. The van der Waals surface area contributed by atoms with E-state index >= 15 is 0 Å². The number of rotatable bonds is 4. The zero-order chi connectivity index (χ0) is 20.9. The van der Waals surface area contributed by atoms with Crippen LogP contribution in [0, 0.1) is 0 Å². The van der Waals surface area contributed by atoms with Crippen LogP contribution in [0.25, 0.3) is 5.69 Å². The van der Waals surface area contributed by atoms with Crippen molar-refractivity contribution in [1.82, 2.24) is 15.1 Å². The van der Waals surface area contributed by atoms with E-state index in [0.717, 1.165) is 23.9 Å². The van der Waals surface area contributed by atoms with Crippen LogP contribution in [0.1, 0.15) is 29.9 Å².